The van der Waals surface area contributed by atoms with Crippen LogP contribution in [0.4, 0.5) is 5.69 Å². The number of nitrogens with one attached hydrogen (secondary N) is 1. The monoisotopic (exact) mass is 275 g/mol. The molecule has 2 rings (SSSR count). The third kappa shape index (κ3) is 3.23. The number of nitrogens with zero attached hydrogens (tertiary/aromatic N) is 1. The minimum atomic E-state index is -0.187. The third-order valence-electron chi connectivity index (χ3n) is 2.81. The van der Waals surface area contributed by atoms with Gasteiger partial charge in [-0.2, -0.15) is 0 Å². The smallest absolute Gasteiger partial charge is 0.251 e. The number of pyridine rings is 1. The van der Waals surface area contributed by atoms with Gasteiger partial charge in [-0.15, -0.1) is 0 Å². The van der Waals surface area contributed by atoms with Crippen molar-refractivity contribution in [2.24, 2.45) is 0 Å². The topological polar surface area (TPSA) is 68.0 Å². The number of nitrogen functional groups attached to an aromatic ring is 1. The summed E-state index contributed by atoms with van der Waals surface area (Å²) in [6, 6.07) is 8.45. The first-order valence-electron chi connectivity index (χ1n) is 5.83. The zero-order chi connectivity index (χ0) is 13.8. The fraction of sp³-hybridized carbons (Fsp3) is 0.143. The van der Waals surface area contributed by atoms with E-state index in [1.807, 2.05) is 19.1 Å². The summed E-state index contributed by atoms with van der Waals surface area (Å²) < 4.78 is 0. The zero-order valence-corrected chi connectivity index (χ0v) is 11.2. The van der Waals surface area contributed by atoms with E-state index < -0.39 is 0 Å². The average Bonchev–Trinajstić information content (AvgIpc) is 2.42. The molecule has 4 nitrogen and oxygen atoms in total. The van der Waals surface area contributed by atoms with Crippen LogP contribution in [0.1, 0.15) is 28.9 Å². The van der Waals surface area contributed by atoms with Gasteiger partial charge >= 0.3 is 0 Å². The summed E-state index contributed by atoms with van der Waals surface area (Å²) >= 11 is 5.82. The van der Waals surface area contributed by atoms with Crippen LogP contribution in [0.25, 0.3) is 0 Å². The molecule has 3 N–H and O–H groups in total. The van der Waals surface area contributed by atoms with E-state index in [9.17, 15) is 4.79 Å². The van der Waals surface area contributed by atoms with Crippen molar-refractivity contribution in [3.05, 3.63) is 58.9 Å². The van der Waals surface area contributed by atoms with E-state index in [1.54, 1.807) is 30.6 Å². The van der Waals surface area contributed by atoms with Gasteiger partial charge in [0.2, 0.25) is 0 Å². The SMILES string of the molecule is CC(NC(=O)c1ccc(Cl)c(N)c1)c1ccncc1. The lowest BCUT2D eigenvalue weighted by Gasteiger charge is -2.14. The molecule has 2 aromatic rings. The lowest BCUT2D eigenvalue weighted by molar-refractivity contribution is 0.0940. The van der Waals surface area contributed by atoms with Crippen molar-refractivity contribution in [1.82, 2.24) is 10.3 Å². The van der Waals surface area contributed by atoms with Gasteiger partial charge < -0.3 is 11.1 Å². The zero-order valence-electron chi connectivity index (χ0n) is 10.4. The van der Waals surface area contributed by atoms with Gasteiger partial charge in [0.15, 0.2) is 0 Å². The Kier molecular flexibility index (Phi) is 4.02. The van der Waals surface area contributed by atoms with E-state index in [0.717, 1.165) is 5.56 Å². The minimum absolute atomic E-state index is 0.104. The molecular formula is C14H14ClN3O. The molecule has 19 heavy (non-hydrogen) atoms. The molecule has 0 aliphatic heterocycles. The molecular weight excluding hydrogens is 262 g/mol. The summed E-state index contributed by atoms with van der Waals surface area (Å²) in [4.78, 5) is 16.0. The average molecular weight is 276 g/mol. The summed E-state index contributed by atoms with van der Waals surface area (Å²) in [6.07, 6.45) is 3.39. The second kappa shape index (κ2) is 5.71. The maximum Gasteiger partial charge on any atom is 0.251 e. The largest absolute Gasteiger partial charge is 0.398 e. The molecule has 1 aromatic carbocycles. The van der Waals surface area contributed by atoms with E-state index in [-0.39, 0.29) is 11.9 Å². The van der Waals surface area contributed by atoms with Gasteiger partial charge in [-0.05, 0) is 42.8 Å². The number of hydrogen-bond donors (Lipinski definition) is 2. The predicted octanol–water partition coefficient (Wildman–Crippen LogP) is 2.81. The van der Waals surface area contributed by atoms with Crippen LogP contribution in [-0.4, -0.2) is 10.9 Å². The molecule has 0 saturated heterocycles. The van der Waals surface area contributed by atoms with Crippen LogP contribution in [0.5, 0.6) is 0 Å². The molecule has 0 saturated carbocycles. The van der Waals surface area contributed by atoms with Crippen molar-refractivity contribution >= 4 is 23.2 Å². The van der Waals surface area contributed by atoms with Crippen LogP contribution in [0, 0.1) is 0 Å². The Balaban J connectivity index is 2.11. The first-order valence-corrected chi connectivity index (χ1v) is 6.21. The highest BCUT2D eigenvalue weighted by molar-refractivity contribution is 6.33. The van der Waals surface area contributed by atoms with Crippen molar-refractivity contribution in [3.63, 3.8) is 0 Å². The molecule has 1 atom stereocenters. The number of carbonyl (C=O) groups is 1. The van der Waals surface area contributed by atoms with Gasteiger partial charge in [0, 0.05) is 18.0 Å². The first kappa shape index (κ1) is 13.4. The van der Waals surface area contributed by atoms with Crippen molar-refractivity contribution in [1.29, 1.82) is 0 Å². The number of aromatic nitrogens is 1. The van der Waals surface area contributed by atoms with Gasteiger partial charge in [-0.3, -0.25) is 9.78 Å². The number of carbonyl (C=O) groups excluding carboxylic acids is 1. The van der Waals surface area contributed by atoms with Crippen LogP contribution in [0.3, 0.4) is 0 Å². The summed E-state index contributed by atoms with van der Waals surface area (Å²) in [5.41, 5.74) is 7.55. The van der Waals surface area contributed by atoms with Gasteiger partial charge in [-0.25, -0.2) is 0 Å². The van der Waals surface area contributed by atoms with Crippen molar-refractivity contribution in [2.75, 3.05) is 5.73 Å². The second-order valence-corrected chi connectivity index (χ2v) is 4.62. The number of halogens is 1. The fourth-order valence-corrected chi connectivity index (χ4v) is 1.82. The fourth-order valence-electron chi connectivity index (χ4n) is 1.70. The Morgan fingerprint density at radius 3 is 2.63 bits per heavy atom. The number of anilines is 1. The molecule has 98 valence electrons. The quantitative estimate of drug-likeness (QED) is 0.847. The molecule has 0 fully saturated rings. The highest BCUT2D eigenvalue weighted by Crippen LogP contribution is 2.20. The summed E-state index contributed by atoms with van der Waals surface area (Å²) in [5, 5.41) is 3.34. The number of nitrogens with two attached hydrogens (primary N) is 1. The number of rotatable bonds is 3. The number of benzene rings is 1. The summed E-state index contributed by atoms with van der Waals surface area (Å²) in [7, 11) is 0. The number of amides is 1. The molecule has 0 aliphatic rings. The minimum Gasteiger partial charge on any atom is -0.398 e. The Labute approximate surface area is 116 Å². The van der Waals surface area contributed by atoms with Crippen molar-refractivity contribution in [3.8, 4) is 0 Å². The van der Waals surface area contributed by atoms with E-state index in [1.165, 1.54) is 0 Å². The molecule has 0 aliphatic carbocycles. The molecule has 5 heteroatoms. The Morgan fingerprint density at radius 1 is 1.32 bits per heavy atom. The lowest BCUT2D eigenvalue weighted by Crippen LogP contribution is -2.26. The molecule has 1 aromatic heterocycles. The highest BCUT2D eigenvalue weighted by Gasteiger charge is 2.12. The molecule has 1 heterocycles. The van der Waals surface area contributed by atoms with Crippen LogP contribution in [-0.2, 0) is 0 Å². The van der Waals surface area contributed by atoms with Gasteiger partial charge in [0.25, 0.3) is 5.91 Å². The normalized spacial score (nSPS) is 11.9. The van der Waals surface area contributed by atoms with Crippen LogP contribution >= 0.6 is 11.6 Å². The maximum absolute atomic E-state index is 12.1. The van der Waals surface area contributed by atoms with E-state index >= 15 is 0 Å². The molecule has 0 bridgehead atoms. The third-order valence-corrected chi connectivity index (χ3v) is 3.16. The lowest BCUT2D eigenvalue weighted by atomic mass is 10.1. The van der Waals surface area contributed by atoms with Gasteiger partial charge in [0.05, 0.1) is 16.8 Å². The van der Waals surface area contributed by atoms with Gasteiger partial charge in [0.1, 0.15) is 0 Å². The van der Waals surface area contributed by atoms with Crippen LogP contribution in [0.15, 0.2) is 42.7 Å². The van der Waals surface area contributed by atoms with Crippen LogP contribution < -0.4 is 11.1 Å². The Morgan fingerprint density at radius 2 is 2.00 bits per heavy atom. The van der Waals surface area contributed by atoms with E-state index in [2.05, 4.69) is 10.3 Å². The standard InChI is InChI=1S/C14H14ClN3O/c1-9(10-4-6-17-7-5-10)18-14(19)11-2-3-12(15)13(16)8-11/h2-9H,16H2,1H3,(H,18,19). The Hall–Kier alpha value is -2.07. The molecule has 0 spiro atoms. The molecule has 1 unspecified atom stereocenters. The maximum atomic E-state index is 12.1. The summed E-state index contributed by atoms with van der Waals surface area (Å²) in [6.45, 7) is 1.91. The first-order chi connectivity index (χ1) is 9.08. The van der Waals surface area contributed by atoms with Crippen molar-refractivity contribution < 1.29 is 4.79 Å². The predicted molar refractivity (Wildman–Crippen MR) is 76.0 cm³/mol. The molecule has 1 amide bonds. The summed E-state index contributed by atoms with van der Waals surface area (Å²) in [5.74, 6) is -0.187. The van der Waals surface area contributed by atoms with Gasteiger partial charge in [-0.1, -0.05) is 11.6 Å². The van der Waals surface area contributed by atoms with Crippen molar-refractivity contribution in [2.45, 2.75) is 13.0 Å². The molecule has 0 radical (unpaired) electrons. The highest BCUT2D eigenvalue weighted by atomic mass is 35.5. The number of hydrogen-bond acceptors (Lipinski definition) is 3. The van der Waals surface area contributed by atoms with Crippen LogP contribution in [0.2, 0.25) is 5.02 Å². The Bertz CT molecular complexity index is 586. The van der Waals surface area contributed by atoms with E-state index in [4.69, 9.17) is 17.3 Å². The second-order valence-electron chi connectivity index (χ2n) is 4.21. The van der Waals surface area contributed by atoms with E-state index in [0.29, 0.717) is 16.3 Å².